The molecule has 0 saturated carbocycles. The van der Waals surface area contributed by atoms with Crippen molar-refractivity contribution in [1.29, 1.82) is 0 Å². The van der Waals surface area contributed by atoms with Crippen LogP contribution in [0.5, 0.6) is 11.5 Å². The molecule has 1 aliphatic heterocycles. The van der Waals surface area contributed by atoms with Gasteiger partial charge in [-0.3, -0.25) is 4.79 Å². The third-order valence-electron chi connectivity index (χ3n) is 4.26. The van der Waals surface area contributed by atoms with Gasteiger partial charge >= 0.3 is 0 Å². The number of nitrogens with one attached hydrogen (secondary N) is 1. The number of ether oxygens (including phenoxy) is 2. The quantitative estimate of drug-likeness (QED) is 0.824. The van der Waals surface area contributed by atoms with Crippen LogP contribution in [0.1, 0.15) is 24.1 Å². The highest BCUT2D eigenvalue weighted by molar-refractivity contribution is 7.91. The Morgan fingerprint density at radius 2 is 2.00 bits per heavy atom. The monoisotopic (exact) mass is 387 g/mol. The van der Waals surface area contributed by atoms with Crippen LogP contribution >= 0.6 is 0 Å². The summed E-state index contributed by atoms with van der Waals surface area (Å²) in [5.41, 5.74) is 1.57. The summed E-state index contributed by atoms with van der Waals surface area (Å²) in [6, 6.07) is 11.5. The third-order valence-corrected chi connectivity index (χ3v) is 6.07. The van der Waals surface area contributed by atoms with Crippen LogP contribution in [0.2, 0.25) is 0 Å². The normalized spacial score (nSPS) is 17.5. The van der Waals surface area contributed by atoms with Crippen molar-refractivity contribution < 1.29 is 22.7 Å². The fourth-order valence-electron chi connectivity index (χ4n) is 3.05. The van der Waals surface area contributed by atoms with E-state index in [0.717, 1.165) is 5.56 Å². The second-order valence-electron chi connectivity index (χ2n) is 6.14. The van der Waals surface area contributed by atoms with Crippen LogP contribution in [0, 0.1) is 0 Å². The van der Waals surface area contributed by atoms with E-state index in [9.17, 15) is 13.2 Å². The van der Waals surface area contributed by atoms with Crippen molar-refractivity contribution in [2.45, 2.75) is 17.9 Å². The Bertz CT molecular complexity index is 982. The van der Waals surface area contributed by atoms with Gasteiger partial charge in [0.25, 0.3) is 5.91 Å². The molecule has 0 saturated heterocycles. The Hall–Kier alpha value is -2.80. The van der Waals surface area contributed by atoms with E-state index in [-0.39, 0.29) is 17.3 Å². The molecule has 0 radical (unpaired) electrons. The van der Waals surface area contributed by atoms with Gasteiger partial charge in [0, 0.05) is 0 Å². The molecule has 0 aliphatic carbocycles. The lowest BCUT2D eigenvalue weighted by Crippen LogP contribution is -2.33. The predicted molar refractivity (Wildman–Crippen MR) is 103 cm³/mol. The minimum absolute atomic E-state index is 0.139. The second kappa shape index (κ2) is 7.84. The Labute approximate surface area is 158 Å². The first kappa shape index (κ1) is 19.0. The van der Waals surface area contributed by atoms with E-state index in [1.165, 1.54) is 7.11 Å². The first-order chi connectivity index (χ1) is 12.9. The molecule has 2 aromatic carbocycles. The van der Waals surface area contributed by atoms with Crippen LogP contribution in [0.4, 0.5) is 0 Å². The number of allylic oxidation sites excluding steroid dienone is 1. The van der Waals surface area contributed by atoms with Gasteiger partial charge in [-0.15, -0.1) is 0 Å². The highest BCUT2D eigenvalue weighted by atomic mass is 32.2. The van der Waals surface area contributed by atoms with Gasteiger partial charge in [-0.05, 0) is 36.2 Å². The second-order valence-corrected chi connectivity index (χ2v) is 8.14. The zero-order valence-electron chi connectivity index (χ0n) is 15.1. The SMILES string of the molecule is C/C=C\c1ccc(OCC(=O)N[C@H]2CS(=O)(=O)c3ccccc32)c(OC)c1. The van der Waals surface area contributed by atoms with E-state index in [0.29, 0.717) is 17.1 Å². The zero-order chi connectivity index (χ0) is 19.4. The van der Waals surface area contributed by atoms with Crippen molar-refractivity contribution >= 4 is 21.8 Å². The highest BCUT2D eigenvalue weighted by Gasteiger charge is 2.35. The third kappa shape index (κ3) is 4.14. The van der Waals surface area contributed by atoms with Gasteiger partial charge in [0.1, 0.15) is 0 Å². The maximum atomic E-state index is 12.3. The average Bonchev–Trinajstić information content (AvgIpc) is 2.91. The molecule has 142 valence electrons. The molecule has 0 spiro atoms. The molecule has 0 aromatic heterocycles. The van der Waals surface area contributed by atoms with Crippen LogP contribution in [-0.2, 0) is 14.6 Å². The van der Waals surface area contributed by atoms with Crippen molar-refractivity contribution in [1.82, 2.24) is 5.32 Å². The summed E-state index contributed by atoms with van der Waals surface area (Å²) < 4.78 is 35.2. The van der Waals surface area contributed by atoms with E-state index in [1.807, 2.05) is 31.2 Å². The Kier molecular flexibility index (Phi) is 5.51. The van der Waals surface area contributed by atoms with Gasteiger partial charge in [0.2, 0.25) is 0 Å². The molecule has 1 aliphatic rings. The van der Waals surface area contributed by atoms with Crippen molar-refractivity contribution in [3.63, 3.8) is 0 Å². The molecule has 0 fully saturated rings. The van der Waals surface area contributed by atoms with Crippen molar-refractivity contribution in [3.05, 3.63) is 59.7 Å². The molecule has 1 atom stereocenters. The van der Waals surface area contributed by atoms with Crippen LogP contribution in [-0.4, -0.2) is 33.8 Å². The van der Waals surface area contributed by atoms with Gasteiger partial charge in [-0.1, -0.05) is 36.4 Å². The van der Waals surface area contributed by atoms with Gasteiger partial charge in [-0.2, -0.15) is 0 Å². The lowest BCUT2D eigenvalue weighted by Gasteiger charge is -2.14. The van der Waals surface area contributed by atoms with Gasteiger partial charge in [0.15, 0.2) is 27.9 Å². The van der Waals surface area contributed by atoms with Crippen LogP contribution in [0.15, 0.2) is 53.4 Å². The molecule has 0 bridgehead atoms. The summed E-state index contributed by atoms with van der Waals surface area (Å²) in [5, 5.41) is 2.74. The van der Waals surface area contributed by atoms with Gasteiger partial charge in [0.05, 0.1) is 23.8 Å². The Morgan fingerprint density at radius 3 is 2.74 bits per heavy atom. The summed E-state index contributed by atoms with van der Waals surface area (Å²) >= 11 is 0. The fourth-order valence-corrected chi connectivity index (χ4v) is 4.79. The summed E-state index contributed by atoms with van der Waals surface area (Å²) in [6.45, 7) is 1.68. The molecule has 3 rings (SSSR count). The molecule has 1 amide bonds. The van der Waals surface area contributed by atoms with Crippen molar-refractivity contribution in [3.8, 4) is 11.5 Å². The summed E-state index contributed by atoms with van der Waals surface area (Å²) in [4.78, 5) is 12.6. The van der Waals surface area contributed by atoms with Crippen molar-refractivity contribution in [2.75, 3.05) is 19.5 Å². The topological polar surface area (TPSA) is 81.7 Å². The number of carbonyl (C=O) groups is 1. The maximum Gasteiger partial charge on any atom is 0.258 e. The Morgan fingerprint density at radius 1 is 1.22 bits per heavy atom. The smallest absolute Gasteiger partial charge is 0.258 e. The van der Waals surface area contributed by atoms with E-state index < -0.39 is 21.8 Å². The summed E-state index contributed by atoms with van der Waals surface area (Å²) in [6.07, 6.45) is 3.84. The molecule has 0 unspecified atom stereocenters. The molecule has 2 aromatic rings. The number of rotatable bonds is 6. The predicted octanol–water partition coefficient (Wildman–Crippen LogP) is 2.75. The summed E-state index contributed by atoms with van der Waals surface area (Å²) in [5.74, 6) is 0.429. The molecule has 6 nitrogen and oxygen atoms in total. The largest absolute Gasteiger partial charge is 0.493 e. The first-order valence-corrected chi connectivity index (χ1v) is 10.1. The maximum absolute atomic E-state index is 12.3. The van der Waals surface area contributed by atoms with Gasteiger partial charge in [-0.25, -0.2) is 8.42 Å². The Balaban J connectivity index is 1.66. The summed E-state index contributed by atoms with van der Waals surface area (Å²) in [7, 11) is -1.84. The number of hydrogen-bond donors (Lipinski definition) is 1. The zero-order valence-corrected chi connectivity index (χ0v) is 16.0. The molecule has 27 heavy (non-hydrogen) atoms. The standard InChI is InChI=1S/C20H21NO5S/c1-3-6-14-9-10-17(18(11-14)25-2)26-12-20(22)21-16-13-27(23,24)19-8-5-4-7-15(16)19/h3-11,16H,12-13H2,1-2H3,(H,21,22)/b6-3-/t16-/m0/s1. The van der Waals surface area contributed by atoms with E-state index >= 15 is 0 Å². The highest BCUT2D eigenvalue weighted by Crippen LogP contribution is 2.33. The van der Waals surface area contributed by atoms with E-state index in [2.05, 4.69) is 5.32 Å². The lowest BCUT2D eigenvalue weighted by molar-refractivity contribution is -0.123. The number of amides is 1. The fraction of sp³-hybridized carbons (Fsp3) is 0.250. The molecule has 1 heterocycles. The molecule has 1 N–H and O–H groups in total. The van der Waals surface area contributed by atoms with E-state index in [4.69, 9.17) is 9.47 Å². The van der Waals surface area contributed by atoms with Gasteiger partial charge < -0.3 is 14.8 Å². The first-order valence-electron chi connectivity index (χ1n) is 8.49. The minimum atomic E-state index is -3.37. The van der Waals surface area contributed by atoms with Crippen LogP contribution < -0.4 is 14.8 Å². The van der Waals surface area contributed by atoms with Crippen molar-refractivity contribution in [2.24, 2.45) is 0 Å². The number of methoxy groups -OCH3 is 1. The molecule has 7 heteroatoms. The van der Waals surface area contributed by atoms with E-state index in [1.54, 1.807) is 30.3 Å². The molecular formula is C20H21NO5S. The number of benzene rings is 2. The molecular weight excluding hydrogens is 366 g/mol. The number of fused-ring (bicyclic) bond motifs is 1. The number of sulfone groups is 1. The van der Waals surface area contributed by atoms with Crippen LogP contribution in [0.3, 0.4) is 0 Å². The number of carbonyl (C=O) groups excluding carboxylic acids is 1. The minimum Gasteiger partial charge on any atom is -0.493 e. The number of hydrogen-bond acceptors (Lipinski definition) is 5. The lowest BCUT2D eigenvalue weighted by atomic mass is 10.1. The average molecular weight is 387 g/mol. The van der Waals surface area contributed by atoms with Crippen LogP contribution in [0.25, 0.3) is 6.08 Å².